The summed E-state index contributed by atoms with van der Waals surface area (Å²) in [5.41, 5.74) is 5.75. The van der Waals surface area contributed by atoms with Crippen molar-refractivity contribution >= 4 is 6.03 Å². The first-order valence-electron chi connectivity index (χ1n) is 4.95. The van der Waals surface area contributed by atoms with Gasteiger partial charge in [-0.2, -0.15) is 5.06 Å². The largest absolute Gasteiger partial charge is 0.350 e. The molecule has 0 radical (unpaired) electrons. The monoisotopic (exact) mass is 210 g/mol. The second-order valence-corrected chi connectivity index (χ2v) is 2.77. The minimum Gasteiger partial charge on any atom is -0.350 e. The number of carbonyl (C=O) groups is 1. The van der Waals surface area contributed by atoms with Crippen LogP contribution in [0.2, 0.25) is 0 Å². The smallest absolute Gasteiger partial charge is 0.339 e. The Bertz CT molecular complexity index is 288. The zero-order valence-electron chi connectivity index (χ0n) is 9.34. The zero-order chi connectivity index (χ0) is 11.8. The Balaban J connectivity index is 0.000000921. The van der Waals surface area contributed by atoms with Gasteiger partial charge in [-0.05, 0) is 12.5 Å². The van der Waals surface area contributed by atoms with Crippen LogP contribution in [-0.4, -0.2) is 16.3 Å². The fourth-order valence-corrected chi connectivity index (χ4v) is 1.06. The molecule has 0 aromatic heterocycles. The van der Waals surface area contributed by atoms with Crippen LogP contribution in [-0.2, 0) is 0 Å². The van der Waals surface area contributed by atoms with Crippen molar-refractivity contribution in [3.05, 3.63) is 35.9 Å². The summed E-state index contributed by atoms with van der Waals surface area (Å²) < 4.78 is 0. The molecule has 0 heterocycles. The topological polar surface area (TPSA) is 66.6 Å². The molecular formula is C11H18N2O2. The number of urea groups is 1. The molecule has 0 fully saturated rings. The first-order valence-corrected chi connectivity index (χ1v) is 4.95. The summed E-state index contributed by atoms with van der Waals surface area (Å²) in [5.74, 6) is 0. The third-order valence-corrected chi connectivity index (χ3v) is 1.87. The van der Waals surface area contributed by atoms with Crippen molar-refractivity contribution in [2.24, 2.45) is 5.73 Å². The van der Waals surface area contributed by atoms with E-state index in [4.69, 9.17) is 5.73 Å². The van der Waals surface area contributed by atoms with Crippen LogP contribution >= 0.6 is 0 Å². The summed E-state index contributed by atoms with van der Waals surface area (Å²) in [5, 5.41) is 9.72. The summed E-state index contributed by atoms with van der Waals surface area (Å²) >= 11 is 0. The molecule has 0 aliphatic rings. The molecule has 1 atom stereocenters. The number of hydrogen-bond donors (Lipinski definition) is 2. The highest BCUT2D eigenvalue weighted by molar-refractivity contribution is 5.71. The van der Waals surface area contributed by atoms with Gasteiger partial charge in [-0.3, -0.25) is 5.21 Å². The van der Waals surface area contributed by atoms with E-state index >= 15 is 0 Å². The van der Waals surface area contributed by atoms with Gasteiger partial charge >= 0.3 is 6.03 Å². The number of primary amides is 1. The molecule has 2 amide bonds. The van der Waals surface area contributed by atoms with Crippen molar-refractivity contribution in [1.82, 2.24) is 5.06 Å². The summed E-state index contributed by atoms with van der Waals surface area (Å²) in [6, 6.07) is 7.90. The van der Waals surface area contributed by atoms with E-state index in [1.165, 1.54) is 0 Å². The Kier molecular flexibility index (Phi) is 6.13. The fraction of sp³-hybridized carbons (Fsp3) is 0.364. The van der Waals surface area contributed by atoms with E-state index in [0.29, 0.717) is 5.06 Å². The van der Waals surface area contributed by atoms with Gasteiger partial charge in [0.25, 0.3) is 0 Å². The van der Waals surface area contributed by atoms with Crippen LogP contribution in [0.15, 0.2) is 30.3 Å². The van der Waals surface area contributed by atoms with Crippen LogP contribution < -0.4 is 5.73 Å². The molecule has 1 rings (SSSR count). The van der Waals surface area contributed by atoms with Crippen molar-refractivity contribution < 1.29 is 10.0 Å². The van der Waals surface area contributed by atoms with Crippen molar-refractivity contribution in [2.75, 3.05) is 0 Å². The van der Waals surface area contributed by atoms with E-state index < -0.39 is 12.1 Å². The SMILES string of the molecule is CC.CC(c1ccccc1)N(O)C(N)=O. The zero-order valence-corrected chi connectivity index (χ0v) is 9.34. The highest BCUT2D eigenvalue weighted by Gasteiger charge is 2.15. The lowest BCUT2D eigenvalue weighted by atomic mass is 10.1. The molecule has 84 valence electrons. The number of benzene rings is 1. The molecule has 4 nitrogen and oxygen atoms in total. The molecule has 0 aliphatic heterocycles. The van der Waals surface area contributed by atoms with Gasteiger partial charge in [-0.25, -0.2) is 4.79 Å². The van der Waals surface area contributed by atoms with Crippen LogP contribution in [0.3, 0.4) is 0 Å². The van der Waals surface area contributed by atoms with E-state index in [0.717, 1.165) is 5.56 Å². The maximum atomic E-state index is 10.6. The molecule has 0 spiro atoms. The van der Waals surface area contributed by atoms with Gasteiger partial charge < -0.3 is 5.73 Å². The van der Waals surface area contributed by atoms with Crippen LogP contribution in [0.1, 0.15) is 32.4 Å². The number of rotatable bonds is 2. The fourth-order valence-electron chi connectivity index (χ4n) is 1.06. The van der Waals surface area contributed by atoms with Gasteiger partial charge in [-0.1, -0.05) is 44.2 Å². The molecule has 15 heavy (non-hydrogen) atoms. The number of amides is 2. The second kappa shape index (κ2) is 6.84. The summed E-state index contributed by atoms with van der Waals surface area (Å²) in [4.78, 5) is 10.6. The van der Waals surface area contributed by atoms with Crippen LogP contribution in [0, 0.1) is 0 Å². The van der Waals surface area contributed by atoms with Gasteiger partial charge in [0.1, 0.15) is 0 Å². The number of hydroxylamine groups is 2. The minimum atomic E-state index is -0.851. The molecule has 3 N–H and O–H groups in total. The van der Waals surface area contributed by atoms with Crippen molar-refractivity contribution in [1.29, 1.82) is 0 Å². The Morgan fingerprint density at radius 1 is 1.33 bits per heavy atom. The minimum absolute atomic E-state index is 0.418. The van der Waals surface area contributed by atoms with Gasteiger partial charge in [-0.15, -0.1) is 0 Å². The van der Waals surface area contributed by atoms with Crippen LogP contribution in [0.25, 0.3) is 0 Å². The van der Waals surface area contributed by atoms with E-state index in [-0.39, 0.29) is 0 Å². The first-order chi connectivity index (χ1) is 7.13. The highest BCUT2D eigenvalue weighted by atomic mass is 16.5. The Labute approximate surface area is 90.3 Å². The van der Waals surface area contributed by atoms with Crippen molar-refractivity contribution in [3.8, 4) is 0 Å². The summed E-state index contributed by atoms with van der Waals surface area (Å²) in [6.07, 6.45) is 0. The Hall–Kier alpha value is -1.55. The number of nitrogens with zero attached hydrogens (tertiary/aromatic N) is 1. The maximum absolute atomic E-state index is 10.6. The molecule has 0 saturated carbocycles. The average Bonchev–Trinajstić information content (AvgIpc) is 2.31. The lowest BCUT2D eigenvalue weighted by Gasteiger charge is -2.20. The lowest BCUT2D eigenvalue weighted by molar-refractivity contribution is -0.0709. The number of nitrogens with two attached hydrogens (primary N) is 1. The first kappa shape index (κ1) is 13.4. The predicted molar refractivity (Wildman–Crippen MR) is 59.4 cm³/mol. The van der Waals surface area contributed by atoms with Crippen LogP contribution in [0.4, 0.5) is 4.79 Å². The maximum Gasteiger partial charge on any atom is 0.339 e. The summed E-state index contributed by atoms with van der Waals surface area (Å²) in [6.45, 7) is 5.69. The van der Waals surface area contributed by atoms with E-state index in [2.05, 4.69) is 0 Å². The van der Waals surface area contributed by atoms with Crippen molar-refractivity contribution in [2.45, 2.75) is 26.8 Å². The molecule has 0 aliphatic carbocycles. The number of carbonyl (C=O) groups excluding carboxylic acids is 1. The van der Waals surface area contributed by atoms with Gasteiger partial charge in [0.15, 0.2) is 0 Å². The van der Waals surface area contributed by atoms with Gasteiger partial charge in [0.05, 0.1) is 6.04 Å². The third-order valence-electron chi connectivity index (χ3n) is 1.87. The molecule has 0 bridgehead atoms. The lowest BCUT2D eigenvalue weighted by Crippen LogP contribution is -2.34. The Morgan fingerprint density at radius 2 is 1.80 bits per heavy atom. The predicted octanol–water partition coefficient (Wildman–Crippen LogP) is 2.54. The average molecular weight is 210 g/mol. The highest BCUT2D eigenvalue weighted by Crippen LogP contribution is 2.16. The Morgan fingerprint density at radius 3 is 2.20 bits per heavy atom. The molecule has 1 aromatic rings. The number of hydrogen-bond acceptors (Lipinski definition) is 2. The molecular weight excluding hydrogens is 192 g/mol. The molecule has 4 heteroatoms. The quantitative estimate of drug-likeness (QED) is 0.582. The molecule has 0 saturated heterocycles. The van der Waals surface area contributed by atoms with Crippen molar-refractivity contribution in [3.63, 3.8) is 0 Å². The summed E-state index contributed by atoms with van der Waals surface area (Å²) in [7, 11) is 0. The second-order valence-electron chi connectivity index (χ2n) is 2.77. The van der Waals surface area contributed by atoms with Gasteiger partial charge in [0.2, 0.25) is 0 Å². The van der Waals surface area contributed by atoms with Gasteiger partial charge in [0, 0.05) is 0 Å². The van der Waals surface area contributed by atoms with E-state index in [9.17, 15) is 10.0 Å². The standard InChI is InChI=1S/C9H12N2O2.C2H6/c1-7(11(13)9(10)12)8-5-3-2-4-6-8;1-2/h2-7,13H,1H3,(H2,10,12);1-2H3. The molecule has 1 aromatic carbocycles. The normalized spacial score (nSPS) is 10.9. The van der Waals surface area contributed by atoms with Crippen LogP contribution in [0.5, 0.6) is 0 Å². The molecule has 1 unspecified atom stereocenters. The van der Waals surface area contributed by atoms with E-state index in [1.54, 1.807) is 6.92 Å². The van der Waals surface area contributed by atoms with E-state index in [1.807, 2.05) is 44.2 Å². The third kappa shape index (κ3) is 3.99.